The van der Waals surface area contributed by atoms with Crippen LogP contribution in [0.3, 0.4) is 0 Å². The molecule has 0 aliphatic heterocycles. The molecular formula is C5H3N2PS. The van der Waals surface area contributed by atoms with Crippen LogP contribution in [0.4, 0.5) is 0 Å². The van der Waals surface area contributed by atoms with Gasteiger partial charge in [-0.2, -0.15) is 4.75 Å². The third-order valence-electron chi connectivity index (χ3n) is 1.06. The summed E-state index contributed by atoms with van der Waals surface area (Å²) in [5, 5.41) is 3.18. The van der Waals surface area contributed by atoms with Gasteiger partial charge in [-0.05, 0) is 11.4 Å². The maximum atomic E-state index is 4.15. The molecule has 2 aromatic heterocycles. The SMILES string of the molecule is c1cc2cnpnc2s1. The van der Waals surface area contributed by atoms with E-state index < -0.39 is 0 Å². The summed E-state index contributed by atoms with van der Waals surface area (Å²) in [7, 11) is 0.819. The van der Waals surface area contributed by atoms with Crippen LogP contribution < -0.4 is 0 Å². The molecular weight excluding hydrogens is 151 g/mol. The molecule has 2 heterocycles. The number of aromatic nitrogens is 2. The quantitative estimate of drug-likeness (QED) is 0.581. The summed E-state index contributed by atoms with van der Waals surface area (Å²) in [6.07, 6.45) is 1.86. The lowest BCUT2D eigenvalue weighted by molar-refractivity contribution is 1.53. The Labute approximate surface area is 57.8 Å². The van der Waals surface area contributed by atoms with Crippen LogP contribution in [0.1, 0.15) is 0 Å². The van der Waals surface area contributed by atoms with Gasteiger partial charge in [0.2, 0.25) is 0 Å². The summed E-state index contributed by atoms with van der Waals surface area (Å²) >= 11 is 1.66. The summed E-state index contributed by atoms with van der Waals surface area (Å²) in [4.78, 5) is 1.10. The summed E-state index contributed by atoms with van der Waals surface area (Å²) in [6, 6.07) is 2.03. The standard InChI is InChI=1S/C5H3N2PS/c1-2-9-5-4(1)3-6-8-7-5/h1-3H. The highest BCUT2D eigenvalue weighted by Gasteiger charge is 1.91. The Hall–Kier alpha value is -0.530. The Morgan fingerprint density at radius 2 is 2.56 bits per heavy atom. The van der Waals surface area contributed by atoms with Gasteiger partial charge in [0.25, 0.3) is 0 Å². The van der Waals surface area contributed by atoms with Crippen molar-refractivity contribution in [1.29, 1.82) is 0 Å². The fourth-order valence-electron chi connectivity index (χ4n) is 0.645. The summed E-state index contributed by atoms with van der Waals surface area (Å²) < 4.78 is 8.12. The molecule has 0 unspecified atom stereocenters. The first-order valence-electron chi connectivity index (χ1n) is 2.48. The zero-order valence-corrected chi connectivity index (χ0v) is 6.19. The minimum atomic E-state index is 0.819. The molecule has 0 saturated heterocycles. The minimum Gasteiger partial charge on any atom is -0.216 e. The normalized spacial score (nSPS) is 11.1. The third kappa shape index (κ3) is 0.824. The van der Waals surface area contributed by atoms with E-state index in [4.69, 9.17) is 0 Å². The molecule has 2 rings (SSSR count). The lowest BCUT2D eigenvalue weighted by Gasteiger charge is -1.79. The molecule has 0 N–H and O–H groups in total. The average molecular weight is 154 g/mol. The molecule has 44 valence electrons. The number of hydrogen-bond acceptors (Lipinski definition) is 3. The van der Waals surface area contributed by atoms with E-state index >= 15 is 0 Å². The van der Waals surface area contributed by atoms with E-state index in [0.717, 1.165) is 18.7 Å². The lowest BCUT2D eigenvalue weighted by atomic mass is 10.5. The van der Waals surface area contributed by atoms with Crippen molar-refractivity contribution in [3.05, 3.63) is 17.6 Å². The summed E-state index contributed by atoms with van der Waals surface area (Å²) in [5.74, 6) is 0. The molecule has 0 saturated carbocycles. The minimum absolute atomic E-state index is 0.819. The van der Waals surface area contributed by atoms with Crippen LogP contribution >= 0.6 is 19.8 Å². The van der Waals surface area contributed by atoms with Crippen LogP contribution in [-0.2, 0) is 0 Å². The molecule has 0 aromatic carbocycles. The third-order valence-corrected chi connectivity index (χ3v) is 2.52. The highest BCUT2D eigenvalue weighted by molar-refractivity contribution is 7.23. The number of hydrogen-bond donors (Lipinski definition) is 0. The summed E-state index contributed by atoms with van der Waals surface area (Å²) in [6.45, 7) is 0. The smallest absolute Gasteiger partial charge is 0.155 e. The Balaban J connectivity index is 2.95. The van der Waals surface area contributed by atoms with Crippen molar-refractivity contribution in [1.82, 2.24) is 9.49 Å². The van der Waals surface area contributed by atoms with Crippen LogP contribution in [0.2, 0.25) is 0 Å². The van der Waals surface area contributed by atoms with E-state index in [2.05, 4.69) is 9.49 Å². The molecule has 2 nitrogen and oxygen atoms in total. The number of thiophene rings is 1. The van der Waals surface area contributed by atoms with Crippen molar-refractivity contribution < 1.29 is 0 Å². The Morgan fingerprint density at radius 3 is 3.44 bits per heavy atom. The first kappa shape index (κ1) is 5.27. The zero-order chi connectivity index (χ0) is 6.10. The van der Waals surface area contributed by atoms with Gasteiger partial charge in [0.15, 0.2) is 8.51 Å². The lowest BCUT2D eigenvalue weighted by Crippen LogP contribution is -1.64. The van der Waals surface area contributed by atoms with Crippen LogP contribution in [0, 0.1) is 0 Å². The Bertz CT molecular complexity index is 289. The van der Waals surface area contributed by atoms with Crippen molar-refractivity contribution in [3.63, 3.8) is 0 Å². The predicted molar refractivity (Wildman–Crippen MR) is 39.9 cm³/mol. The zero-order valence-electron chi connectivity index (χ0n) is 4.48. The van der Waals surface area contributed by atoms with Gasteiger partial charge in [-0.1, -0.05) is 0 Å². The molecule has 9 heavy (non-hydrogen) atoms. The molecule has 0 aliphatic carbocycles. The molecule has 4 heteroatoms. The van der Waals surface area contributed by atoms with Gasteiger partial charge in [-0.3, -0.25) is 0 Å². The Kier molecular flexibility index (Phi) is 1.18. The fraction of sp³-hybridized carbons (Fsp3) is 0. The monoisotopic (exact) mass is 154 g/mol. The first-order chi connectivity index (χ1) is 4.47. The van der Waals surface area contributed by atoms with Crippen LogP contribution in [0.5, 0.6) is 0 Å². The van der Waals surface area contributed by atoms with Crippen LogP contribution in [-0.4, -0.2) is 9.49 Å². The van der Waals surface area contributed by atoms with Crippen LogP contribution in [0.25, 0.3) is 10.2 Å². The number of nitrogens with zero attached hydrogens (tertiary/aromatic N) is 2. The average Bonchev–Trinajstić information content (AvgIpc) is 2.33. The molecule has 0 atom stereocenters. The van der Waals surface area contributed by atoms with Gasteiger partial charge >= 0.3 is 0 Å². The van der Waals surface area contributed by atoms with Gasteiger partial charge < -0.3 is 0 Å². The van der Waals surface area contributed by atoms with Crippen LogP contribution in [0.15, 0.2) is 17.6 Å². The maximum Gasteiger partial charge on any atom is 0.155 e. The second kappa shape index (κ2) is 2.01. The van der Waals surface area contributed by atoms with Gasteiger partial charge in [0, 0.05) is 11.6 Å². The van der Waals surface area contributed by atoms with Gasteiger partial charge in [0.1, 0.15) is 4.83 Å². The van der Waals surface area contributed by atoms with Crippen molar-refractivity contribution in [2.75, 3.05) is 0 Å². The van der Waals surface area contributed by atoms with Gasteiger partial charge in [-0.15, -0.1) is 11.3 Å². The van der Waals surface area contributed by atoms with Gasteiger partial charge in [-0.25, -0.2) is 4.75 Å². The van der Waals surface area contributed by atoms with E-state index in [1.165, 1.54) is 0 Å². The van der Waals surface area contributed by atoms with Gasteiger partial charge in [0.05, 0.1) is 0 Å². The number of rotatable bonds is 0. The fourth-order valence-corrected chi connectivity index (χ4v) is 1.97. The topological polar surface area (TPSA) is 25.8 Å². The van der Waals surface area contributed by atoms with E-state index in [-0.39, 0.29) is 0 Å². The molecule has 2 aromatic rings. The van der Waals surface area contributed by atoms with Crippen molar-refractivity contribution in [2.24, 2.45) is 0 Å². The molecule has 0 aliphatic rings. The second-order valence-electron chi connectivity index (χ2n) is 1.62. The molecule has 0 bridgehead atoms. The first-order valence-corrected chi connectivity index (χ1v) is 4.16. The molecule has 0 amide bonds. The molecule has 0 radical (unpaired) electrons. The van der Waals surface area contributed by atoms with Crippen molar-refractivity contribution in [2.45, 2.75) is 0 Å². The van der Waals surface area contributed by atoms with Crippen molar-refractivity contribution in [3.8, 4) is 0 Å². The summed E-state index contributed by atoms with van der Waals surface area (Å²) in [5.41, 5.74) is 0. The number of fused-ring (bicyclic) bond motifs is 1. The predicted octanol–water partition coefficient (Wildman–Crippen LogP) is 2.27. The molecule has 0 spiro atoms. The highest BCUT2D eigenvalue weighted by Crippen LogP contribution is 2.17. The highest BCUT2D eigenvalue weighted by atomic mass is 32.1. The van der Waals surface area contributed by atoms with E-state index in [1.54, 1.807) is 11.3 Å². The molecule has 0 fully saturated rings. The Morgan fingerprint density at radius 1 is 1.56 bits per heavy atom. The van der Waals surface area contributed by atoms with E-state index in [1.807, 2.05) is 17.6 Å². The second-order valence-corrected chi connectivity index (χ2v) is 3.12. The maximum absolute atomic E-state index is 4.15. The van der Waals surface area contributed by atoms with E-state index in [0.29, 0.717) is 0 Å². The van der Waals surface area contributed by atoms with E-state index in [9.17, 15) is 0 Å². The van der Waals surface area contributed by atoms with Crippen molar-refractivity contribution >= 4 is 30.1 Å². The largest absolute Gasteiger partial charge is 0.216 e.